The van der Waals surface area contributed by atoms with Gasteiger partial charge < -0.3 is 15.5 Å². The van der Waals surface area contributed by atoms with E-state index in [2.05, 4.69) is 49.1 Å². The van der Waals surface area contributed by atoms with Crippen LogP contribution in [0.2, 0.25) is 18.1 Å². The Kier molecular flexibility index (Phi) is 5.76. The van der Waals surface area contributed by atoms with Crippen LogP contribution in [0.25, 0.3) is 10.6 Å². The molecule has 0 fully saturated rings. The van der Waals surface area contributed by atoms with Gasteiger partial charge in [0.2, 0.25) is 8.32 Å². The van der Waals surface area contributed by atoms with E-state index in [-0.39, 0.29) is 5.04 Å². The number of anilines is 2. The summed E-state index contributed by atoms with van der Waals surface area (Å²) in [4.78, 5) is 8.68. The summed E-state index contributed by atoms with van der Waals surface area (Å²) in [6.45, 7) is 11.8. The van der Waals surface area contributed by atoms with Gasteiger partial charge in [-0.25, -0.2) is 4.98 Å². The number of aromatic nitrogens is 2. The predicted molar refractivity (Wildman–Crippen MR) is 121 cm³/mol. The topological polar surface area (TPSA) is 73.1 Å². The quantitative estimate of drug-likeness (QED) is 0.396. The van der Waals surface area contributed by atoms with E-state index in [9.17, 15) is 0 Å². The standard InChI is InChI=1S/C21H28N4OSSi/c1-21(2,3)28(4,5)26-17-7-6-16(18(22)12-17)13-24-19-14-27-20(25-19)15-8-10-23-11-9-15/h6-12,14,24H,13,22H2,1-5H3. The van der Waals surface area contributed by atoms with Crippen LogP contribution in [0.3, 0.4) is 0 Å². The molecule has 0 spiro atoms. The van der Waals surface area contributed by atoms with Gasteiger partial charge in [-0.3, -0.25) is 4.98 Å². The normalized spacial score (nSPS) is 12.0. The van der Waals surface area contributed by atoms with Crippen molar-refractivity contribution in [3.8, 4) is 16.3 Å². The molecule has 1 aromatic carbocycles. The molecule has 28 heavy (non-hydrogen) atoms. The molecule has 148 valence electrons. The monoisotopic (exact) mass is 412 g/mol. The van der Waals surface area contributed by atoms with Crippen LogP contribution in [0.4, 0.5) is 11.5 Å². The third-order valence-electron chi connectivity index (χ3n) is 5.19. The Bertz CT molecular complexity index is 935. The van der Waals surface area contributed by atoms with E-state index in [4.69, 9.17) is 10.2 Å². The molecular weight excluding hydrogens is 384 g/mol. The Morgan fingerprint density at radius 2 is 1.86 bits per heavy atom. The number of nitrogens with zero attached hydrogens (tertiary/aromatic N) is 2. The fourth-order valence-corrected chi connectivity index (χ4v) is 4.22. The number of hydrogen-bond donors (Lipinski definition) is 2. The first-order chi connectivity index (χ1) is 13.2. The average molecular weight is 413 g/mol. The minimum absolute atomic E-state index is 0.152. The molecule has 0 atom stereocenters. The highest BCUT2D eigenvalue weighted by atomic mass is 32.1. The van der Waals surface area contributed by atoms with Crippen molar-refractivity contribution < 1.29 is 4.43 Å². The Balaban J connectivity index is 1.65. The summed E-state index contributed by atoms with van der Waals surface area (Å²) in [5, 5.41) is 6.49. The van der Waals surface area contributed by atoms with E-state index in [0.29, 0.717) is 6.54 Å². The maximum absolute atomic E-state index is 6.34. The number of nitrogens with one attached hydrogen (secondary N) is 1. The maximum Gasteiger partial charge on any atom is 0.250 e. The highest BCUT2D eigenvalue weighted by molar-refractivity contribution is 7.13. The number of hydrogen-bond acceptors (Lipinski definition) is 6. The van der Waals surface area contributed by atoms with Crippen LogP contribution >= 0.6 is 11.3 Å². The first-order valence-corrected chi connectivity index (χ1v) is 13.1. The van der Waals surface area contributed by atoms with Crippen LogP contribution < -0.4 is 15.5 Å². The zero-order valence-electron chi connectivity index (χ0n) is 17.1. The molecule has 0 amide bonds. The van der Waals surface area contributed by atoms with Gasteiger partial charge in [0, 0.05) is 41.6 Å². The van der Waals surface area contributed by atoms with Crippen LogP contribution in [0, 0.1) is 0 Å². The van der Waals surface area contributed by atoms with Crippen molar-refractivity contribution in [2.75, 3.05) is 11.1 Å². The first kappa shape index (κ1) is 20.4. The van der Waals surface area contributed by atoms with Gasteiger partial charge in [0.25, 0.3) is 0 Å². The van der Waals surface area contributed by atoms with E-state index < -0.39 is 8.32 Å². The van der Waals surface area contributed by atoms with Gasteiger partial charge in [-0.05, 0) is 41.9 Å². The van der Waals surface area contributed by atoms with Crippen LogP contribution in [-0.4, -0.2) is 18.3 Å². The molecule has 0 aliphatic heterocycles. The Hall–Kier alpha value is -2.38. The van der Waals surface area contributed by atoms with E-state index >= 15 is 0 Å². The summed E-state index contributed by atoms with van der Waals surface area (Å²) < 4.78 is 6.34. The maximum atomic E-state index is 6.34. The molecular formula is C21H28N4OSSi. The predicted octanol–water partition coefficient (Wildman–Crippen LogP) is 5.78. The summed E-state index contributed by atoms with van der Waals surface area (Å²) in [6, 6.07) is 9.89. The minimum Gasteiger partial charge on any atom is -0.543 e. The molecule has 0 radical (unpaired) electrons. The molecule has 0 aliphatic rings. The second-order valence-electron chi connectivity index (χ2n) is 8.35. The first-order valence-electron chi connectivity index (χ1n) is 9.33. The number of nitrogens with two attached hydrogens (primary N) is 1. The van der Waals surface area contributed by atoms with Gasteiger partial charge in [0.1, 0.15) is 16.6 Å². The second-order valence-corrected chi connectivity index (χ2v) is 13.9. The van der Waals surface area contributed by atoms with E-state index in [1.807, 2.05) is 35.7 Å². The molecule has 7 heteroatoms. The van der Waals surface area contributed by atoms with Crippen molar-refractivity contribution in [2.24, 2.45) is 0 Å². The lowest BCUT2D eigenvalue weighted by molar-refractivity contribution is 0.492. The van der Waals surface area contributed by atoms with Gasteiger partial charge in [0.05, 0.1) is 0 Å². The number of thiazole rings is 1. The lowest BCUT2D eigenvalue weighted by Crippen LogP contribution is -2.43. The molecule has 0 saturated carbocycles. The smallest absolute Gasteiger partial charge is 0.250 e. The van der Waals surface area contributed by atoms with Crippen molar-refractivity contribution in [3.05, 3.63) is 53.7 Å². The fraction of sp³-hybridized carbons (Fsp3) is 0.333. The SMILES string of the molecule is CC(C)(C)[Si](C)(C)Oc1ccc(CNc2csc(-c3ccncc3)n2)c(N)c1. The summed E-state index contributed by atoms with van der Waals surface area (Å²) in [5.41, 5.74) is 9.11. The van der Waals surface area contributed by atoms with Crippen molar-refractivity contribution in [2.45, 2.75) is 45.4 Å². The number of rotatable bonds is 6. The third kappa shape index (κ3) is 4.72. The molecule has 3 aromatic rings. The zero-order valence-corrected chi connectivity index (χ0v) is 18.9. The molecule has 0 saturated heterocycles. The van der Waals surface area contributed by atoms with Gasteiger partial charge in [-0.15, -0.1) is 11.3 Å². The summed E-state index contributed by atoms with van der Waals surface area (Å²) in [6.07, 6.45) is 3.55. The molecule has 3 N–H and O–H groups in total. The molecule has 3 rings (SSSR count). The van der Waals surface area contributed by atoms with Gasteiger partial charge in [-0.1, -0.05) is 26.8 Å². The molecule has 5 nitrogen and oxygen atoms in total. The van der Waals surface area contributed by atoms with Crippen LogP contribution in [0.5, 0.6) is 5.75 Å². The second kappa shape index (κ2) is 7.93. The van der Waals surface area contributed by atoms with Crippen molar-refractivity contribution in [3.63, 3.8) is 0 Å². The summed E-state index contributed by atoms with van der Waals surface area (Å²) >= 11 is 1.60. The number of benzene rings is 1. The van der Waals surface area contributed by atoms with Gasteiger partial charge in [-0.2, -0.15) is 0 Å². The molecule has 2 heterocycles. The number of nitrogen functional groups attached to an aromatic ring is 1. The van der Waals surface area contributed by atoms with Crippen molar-refractivity contribution in [1.29, 1.82) is 0 Å². The van der Waals surface area contributed by atoms with Crippen LogP contribution in [0.15, 0.2) is 48.1 Å². The Morgan fingerprint density at radius 1 is 1.14 bits per heavy atom. The summed E-state index contributed by atoms with van der Waals surface area (Å²) in [7, 11) is -1.87. The number of pyridine rings is 1. The molecule has 0 unspecified atom stereocenters. The van der Waals surface area contributed by atoms with Crippen LogP contribution in [-0.2, 0) is 6.54 Å². The zero-order chi connectivity index (χ0) is 20.4. The molecule has 2 aromatic heterocycles. The van der Waals surface area contributed by atoms with Gasteiger partial charge in [0.15, 0.2) is 0 Å². The van der Waals surface area contributed by atoms with E-state index in [1.54, 1.807) is 23.7 Å². The Morgan fingerprint density at radius 3 is 2.50 bits per heavy atom. The van der Waals surface area contributed by atoms with E-state index in [0.717, 1.165) is 33.4 Å². The fourth-order valence-electron chi connectivity index (χ4n) is 2.41. The lowest BCUT2D eigenvalue weighted by Gasteiger charge is -2.36. The Labute approximate surface area is 172 Å². The third-order valence-corrected chi connectivity index (χ3v) is 10.4. The lowest BCUT2D eigenvalue weighted by atomic mass is 10.1. The van der Waals surface area contributed by atoms with Crippen molar-refractivity contribution >= 4 is 31.2 Å². The van der Waals surface area contributed by atoms with Crippen LogP contribution in [0.1, 0.15) is 26.3 Å². The largest absolute Gasteiger partial charge is 0.543 e. The van der Waals surface area contributed by atoms with E-state index in [1.165, 1.54) is 0 Å². The average Bonchev–Trinajstić information content (AvgIpc) is 3.09. The minimum atomic E-state index is -1.87. The molecule has 0 aliphatic carbocycles. The van der Waals surface area contributed by atoms with Crippen molar-refractivity contribution in [1.82, 2.24) is 9.97 Å². The summed E-state index contributed by atoms with van der Waals surface area (Å²) in [5.74, 6) is 1.69. The molecule has 0 bridgehead atoms. The highest BCUT2D eigenvalue weighted by Gasteiger charge is 2.39. The van der Waals surface area contributed by atoms with Gasteiger partial charge >= 0.3 is 0 Å². The highest BCUT2D eigenvalue weighted by Crippen LogP contribution is 2.38.